The lowest BCUT2D eigenvalue weighted by Crippen LogP contribution is -2.35. The van der Waals surface area contributed by atoms with Gasteiger partial charge in [0.25, 0.3) is 11.8 Å². The Balaban J connectivity index is 0.00000533. The Morgan fingerprint density at radius 2 is 1.42 bits per heavy atom. The van der Waals surface area contributed by atoms with Gasteiger partial charge in [-0.25, -0.2) is 0 Å². The second-order valence-electron chi connectivity index (χ2n) is 9.62. The number of imide groups is 1. The lowest BCUT2D eigenvalue weighted by molar-refractivity contribution is -0.138. The zero-order chi connectivity index (χ0) is 27.7. The standard InChI is InChI=1S/C27H36N6O5.H2/c1-17(2)23-24(18(3)4)27(36)33(26(23)35)11-13-38-15-14-37-12-10-22(34)28-16-20-6-8-21(9-7-20)25-31-29-19(5)30-32-25;/h6-9,17-18H,10-16H2,1-5H3,(H,28,34);1H. The first-order valence-electron chi connectivity index (χ1n) is 12.8. The molecule has 1 aliphatic rings. The molecule has 38 heavy (non-hydrogen) atoms. The summed E-state index contributed by atoms with van der Waals surface area (Å²) in [5.74, 6) is 0.395. The van der Waals surface area contributed by atoms with E-state index in [2.05, 4.69) is 25.7 Å². The molecule has 2 heterocycles. The number of hydrogen-bond acceptors (Lipinski definition) is 9. The maximum Gasteiger partial charge on any atom is 0.257 e. The molecule has 0 saturated heterocycles. The molecule has 0 aliphatic carbocycles. The SMILES string of the molecule is Cc1nnc(-c2ccc(CNC(=O)CCOCCOCCN3C(=O)C(C(C)C)=C(C(C)C)C3=O)cc2)nn1.[HH]. The number of benzene rings is 1. The van der Waals surface area contributed by atoms with Gasteiger partial charge in [0.05, 0.1) is 33.0 Å². The van der Waals surface area contributed by atoms with Crippen LogP contribution in [0.15, 0.2) is 35.4 Å². The number of amides is 3. The Morgan fingerprint density at radius 1 is 0.868 bits per heavy atom. The van der Waals surface area contributed by atoms with Crippen molar-refractivity contribution >= 4 is 17.7 Å². The van der Waals surface area contributed by atoms with E-state index in [-0.39, 0.29) is 57.2 Å². The number of nitrogens with one attached hydrogen (secondary N) is 1. The van der Waals surface area contributed by atoms with Crippen LogP contribution in [0.2, 0.25) is 0 Å². The van der Waals surface area contributed by atoms with E-state index in [1.165, 1.54) is 4.90 Å². The van der Waals surface area contributed by atoms with E-state index < -0.39 is 0 Å². The highest BCUT2D eigenvalue weighted by molar-refractivity contribution is 6.19. The highest BCUT2D eigenvalue weighted by Crippen LogP contribution is 2.31. The average molecular weight is 527 g/mol. The Morgan fingerprint density at radius 3 is 1.97 bits per heavy atom. The monoisotopic (exact) mass is 526 g/mol. The summed E-state index contributed by atoms with van der Waals surface area (Å²) >= 11 is 0. The fraction of sp³-hybridized carbons (Fsp3) is 0.519. The van der Waals surface area contributed by atoms with Crippen LogP contribution >= 0.6 is 0 Å². The number of hydrogen-bond donors (Lipinski definition) is 1. The van der Waals surface area contributed by atoms with Crippen LogP contribution < -0.4 is 5.32 Å². The molecule has 0 spiro atoms. The van der Waals surface area contributed by atoms with Gasteiger partial charge < -0.3 is 14.8 Å². The Labute approximate surface area is 224 Å². The molecule has 206 valence electrons. The molecule has 11 nitrogen and oxygen atoms in total. The molecule has 0 radical (unpaired) electrons. The molecular formula is C27H38N6O5. The van der Waals surface area contributed by atoms with Gasteiger partial charge in [-0.05, 0) is 24.3 Å². The molecule has 0 unspecified atom stereocenters. The number of carbonyl (C=O) groups is 3. The van der Waals surface area contributed by atoms with Gasteiger partial charge in [0.2, 0.25) is 11.7 Å². The van der Waals surface area contributed by atoms with Crippen molar-refractivity contribution in [2.24, 2.45) is 11.8 Å². The Hall–Kier alpha value is -3.57. The quantitative estimate of drug-likeness (QED) is 0.291. The first-order valence-corrected chi connectivity index (χ1v) is 12.8. The maximum absolute atomic E-state index is 12.7. The predicted octanol–water partition coefficient (Wildman–Crippen LogP) is 2.50. The van der Waals surface area contributed by atoms with Gasteiger partial charge in [0.1, 0.15) is 0 Å². The summed E-state index contributed by atoms with van der Waals surface area (Å²) in [5.41, 5.74) is 2.95. The van der Waals surface area contributed by atoms with Gasteiger partial charge in [0, 0.05) is 31.1 Å². The van der Waals surface area contributed by atoms with Crippen LogP contribution in [0.1, 0.15) is 46.9 Å². The van der Waals surface area contributed by atoms with Gasteiger partial charge in [-0.15, -0.1) is 20.4 Å². The van der Waals surface area contributed by atoms with Crippen molar-refractivity contribution in [3.8, 4) is 11.4 Å². The van der Waals surface area contributed by atoms with Crippen molar-refractivity contribution in [2.75, 3.05) is 33.0 Å². The highest BCUT2D eigenvalue weighted by atomic mass is 16.5. The topological polar surface area (TPSA) is 136 Å². The number of aromatic nitrogens is 4. The number of aryl methyl sites for hydroxylation is 1. The Bertz CT molecular complexity index is 1120. The second-order valence-corrected chi connectivity index (χ2v) is 9.62. The number of carbonyl (C=O) groups excluding carboxylic acids is 3. The largest absolute Gasteiger partial charge is 0.379 e. The third-order valence-corrected chi connectivity index (χ3v) is 5.98. The van der Waals surface area contributed by atoms with Crippen molar-refractivity contribution in [3.05, 3.63) is 46.8 Å². The van der Waals surface area contributed by atoms with E-state index in [1.54, 1.807) is 6.92 Å². The molecule has 11 heteroatoms. The Kier molecular flexibility index (Phi) is 10.5. The molecule has 2 aromatic rings. The molecule has 1 N–H and O–H groups in total. The van der Waals surface area contributed by atoms with Crippen LogP contribution in [0.5, 0.6) is 0 Å². The summed E-state index contributed by atoms with van der Waals surface area (Å²) in [6.07, 6.45) is 0.227. The lowest BCUT2D eigenvalue weighted by atomic mass is 9.92. The fourth-order valence-corrected chi connectivity index (χ4v) is 4.03. The van der Waals surface area contributed by atoms with Crippen LogP contribution in [0.3, 0.4) is 0 Å². The molecular weight excluding hydrogens is 488 g/mol. The number of rotatable bonds is 14. The van der Waals surface area contributed by atoms with Gasteiger partial charge in [-0.2, -0.15) is 0 Å². The summed E-state index contributed by atoms with van der Waals surface area (Å²) in [7, 11) is 0. The molecule has 3 rings (SSSR count). The number of nitrogens with zero attached hydrogens (tertiary/aromatic N) is 5. The molecule has 0 atom stereocenters. The van der Waals surface area contributed by atoms with E-state index in [9.17, 15) is 14.4 Å². The average Bonchev–Trinajstić information content (AvgIpc) is 3.15. The first kappa shape index (κ1) is 29.0. The predicted molar refractivity (Wildman–Crippen MR) is 141 cm³/mol. The van der Waals surface area contributed by atoms with Crippen molar-refractivity contribution in [2.45, 2.75) is 47.6 Å². The van der Waals surface area contributed by atoms with Crippen LogP contribution in [0.4, 0.5) is 0 Å². The van der Waals surface area contributed by atoms with Crippen LogP contribution in [0.25, 0.3) is 11.4 Å². The van der Waals surface area contributed by atoms with Crippen LogP contribution in [-0.4, -0.2) is 76.0 Å². The molecule has 0 bridgehead atoms. The van der Waals surface area contributed by atoms with Crippen molar-refractivity contribution in [1.29, 1.82) is 0 Å². The van der Waals surface area contributed by atoms with Crippen molar-refractivity contribution < 1.29 is 25.3 Å². The van der Waals surface area contributed by atoms with Crippen molar-refractivity contribution in [3.63, 3.8) is 0 Å². The highest BCUT2D eigenvalue weighted by Gasteiger charge is 2.39. The smallest absolute Gasteiger partial charge is 0.257 e. The molecule has 0 fully saturated rings. The van der Waals surface area contributed by atoms with Gasteiger partial charge in [-0.3, -0.25) is 19.3 Å². The lowest BCUT2D eigenvalue weighted by Gasteiger charge is -2.16. The molecule has 0 saturated carbocycles. The normalized spacial score (nSPS) is 13.8. The van der Waals surface area contributed by atoms with Gasteiger partial charge in [0.15, 0.2) is 5.82 Å². The van der Waals surface area contributed by atoms with E-state index in [0.717, 1.165) is 11.1 Å². The summed E-state index contributed by atoms with van der Waals surface area (Å²) in [6.45, 7) is 11.2. The minimum atomic E-state index is -0.217. The van der Waals surface area contributed by atoms with E-state index in [4.69, 9.17) is 9.47 Å². The van der Waals surface area contributed by atoms with Crippen LogP contribution in [-0.2, 0) is 30.4 Å². The molecule has 1 aliphatic heterocycles. The fourth-order valence-electron chi connectivity index (χ4n) is 4.03. The maximum atomic E-state index is 12.7. The first-order chi connectivity index (χ1) is 18.2. The van der Waals surface area contributed by atoms with Crippen LogP contribution in [0, 0.1) is 18.8 Å². The van der Waals surface area contributed by atoms with Gasteiger partial charge in [-0.1, -0.05) is 52.0 Å². The van der Waals surface area contributed by atoms with E-state index in [0.29, 0.717) is 42.6 Å². The summed E-state index contributed by atoms with van der Waals surface area (Å²) in [6, 6.07) is 7.49. The van der Waals surface area contributed by atoms with Gasteiger partial charge >= 0.3 is 0 Å². The molecule has 3 amide bonds. The minimum Gasteiger partial charge on any atom is -0.379 e. The molecule has 1 aromatic heterocycles. The zero-order valence-corrected chi connectivity index (χ0v) is 22.7. The zero-order valence-electron chi connectivity index (χ0n) is 22.7. The summed E-state index contributed by atoms with van der Waals surface area (Å²) in [4.78, 5) is 38.7. The third-order valence-electron chi connectivity index (χ3n) is 5.98. The van der Waals surface area contributed by atoms with E-state index >= 15 is 0 Å². The minimum absolute atomic E-state index is 0. The van der Waals surface area contributed by atoms with E-state index in [1.807, 2.05) is 52.0 Å². The third kappa shape index (κ3) is 7.72. The summed E-state index contributed by atoms with van der Waals surface area (Å²) < 4.78 is 11.0. The number of ether oxygens (including phenoxy) is 2. The summed E-state index contributed by atoms with van der Waals surface area (Å²) in [5, 5.41) is 18.7. The molecule has 1 aromatic carbocycles. The second kappa shape index (κ2) is 13.8. The van der Waals surface area contributed by atoms with Crippen molar-refractivity contribution in [1.82, 2.24) is 30.6 Å².